The zero-order valence-electron chi connectivity index (χ0n) is 15.1. The van der Waals surface area contributed by atoms with E-state index in [1.165, 1.54) is 30.3 Å². The van der Waals surface area contributed by atoms with Gasteiger partial charge >= 0.3 is 0 Å². The Balaban J connectivity index is 1.45. The quantitative estimate of drug-likeness (QED) is 0.538. The number of nitrogens with one attached hydrogen (secondary N) is 2. The zero-order valence-corrected chi connectivity index (χ0v) is 18.3. The van der Waals surface area contributed by atoms with Crippen LogP contribution in [0.25, 0.3) is 0 Å². The smallest absolute Gasteiger partial charge is 0.264 e. The summed E-state index contributed by atoms with van der Waals surface area (Å²) in [4.78, 5) is 12.4. The predicted octanol–water partition coefficient (Wildman–Crippen LogP) is 4.88. The van der Waals surface area contributed by atoms with Gasteiger partial charge in [-0.05, 0) is 42.5 Å². The molecule has 0 spiro atoms. The third-order valence-electron chi connectivity index (χ3n) is 4.11. The molecule has 0 unspecified atom stereocenters. The minimum atomic E-state index is -3.90. The molecule has 1 aromatic heterocycles. The molecule has 2 N–H and O–H groups in total. The summed E-state index contributed by atoms with van der Waals surface area (Å²) in [5.41, 5.74) is 1.19. The molecule has 4 rings (SSSR count). The highest BCUT2D eigenvalue weighted by atomic mass is 35.5. The number of carbonyl (C=O) groups excluding carboxylic acids is 1. The zero-order chi connectivity index (χ0) is 21.3. The second kappa shape index (κ2) is 8.35. The standard InChI is InChI=1S/C19H14Cl2N2O5S2/c20-17-10-16(18(21)29-17)30(25,26)23-12-3-1-11(2-4-12)19(24)22-13-5-6-14-15(9-13)28-8-7-27-14/h1-6,9-10,23H,7-8H2,(H,22,24). The van der Waals surface area contributed by atoms with Gasteiger partial charge in [-0.2, -0.15) is 0 Å². The highest BCUT2D eigenvalue weighted by Crippen LogP contribution is 2.35. The van der Waals surface area contributed by atoms with Crippen LogP contribution in [0.2, 0.25) is 8.67 Å². The molecule has 0 bridgehead atoms. The van der Waals surface area contributed by atoms with Crippen LogP contribution in [0.1, 0.15) is 10.4 Å². The lowest BCUT2D eigenvalue weighted by molar-refractivity contribution is 0.102. The van der Waals surface area contributed by atoms with E-state index in [2.05, 4.69) is 10.0 Å². The highest BCUT2D eigenvalue weighted by molar-refractivity contribution is 7.93. The van der Waals surface area contributed by atoms with Gasteiger partial charge in [0.2, 0.25) is 0 Å². The monoisotopic (exact) mass is 484 g/mol. The molecule has 1 aliphatic heterocycles. The highest BCUT2D eigenvalue weighted by Gasteiger charge is 2.21. The van der Waals surface area contributed by atoms with E-state index in [4.69, 9.17) is 32.7 Å². The third-order valence-corrected chi connectivity index (χ3v) is 7.25. The van der Waals surface area contributed by atoms with Crippen LogP contribution >= 0.6 is 34.5 Å². The maximum absolute atomic E-state index is 12.5. The molecule has 7 nitrogen and oxygen atoms in total. The normalized spacial score (nSPS) is 13.0. The number of amides is 1. The molecule has 0 saturated carbocycles. The molecule has 3 aromatic rings. The first-order valence-corrected chi connectivity index (χ1v) is 11.7. The lowest BCUT2D eigenvalue weighted by Gasteiger charge is -2.19. The fraction of sp³-hybridized carbons (Fsp3) is 0.105. The van der Waals surface area contributed by atoms with Crippen LogP contribution in [0, 0.1) is 0 Å². The number of thiophene rings is 1. The van der Waals surface area contributed by atoms with E-state index in [-0.39, 0.29) is 25.2 Å². The molecule has 1 amide bonds. The van der Waals surface area contributed by atoms with Gasteiger partial charge in [-0.15, -0.1) is 11.3 Å². The van der Waals surface area contributed by atoms with Gasteiger partial charge in [-0.25, -0.2) is 8.42 Å². The first-order chi connectivity index (χ1) is 14.3. The number of ether oxygens (including phenoxy) is 2. The number of anilines is 2. The van der Waals surface area contributed by atoms with E-state index < -0.39 is 10.0 Å². The van der Waals surface area contributed by atoms with Gasteiger partial charge in [0.1, 0.15) is 22.4 Å². The Bertz CT molecular complexity index is 1210. The summed E-state index contributed by atoms with van der Waals surface area (Å²) in [6.45, 7) is 0.936. The van der Waals surface area contributed by atoms with Crippen LogP contribution in [0.5, 0.6) is 11.5 Å². The number of fused-ring (bicyclic) bond motifs is 1. The molecule has 156 valence electrons. The average molecular weight is 485 g/mol. The number of hydrogen-bond donors (Lipinski definition) is 2. The Morgan fingerprint density at radius 3 is 2.27 bits per heavy atom. The van der Waals surface area contributed by atoms with Crippen molar-refractivity contribution in [1.82, 2.24) is 0 Å². The summed E-state index contributed by atoms with van der Waals surface area (Å²) in [5.74, 6) is 0.840. The van der Waals surface area contributed by atoms with Crippen molar-refractivity contribution in [1.29, 1.82) is 0 Å². The molecule has 0 aliphatic carbocycles. The van der Waals surface area contributed by atoms with Gasteiger partial charge in [0.25, 0.3) is 15.9 Å². The van der Waals surface area contributed by atoms with Crippen molar-refractivity contribution in [3.63, 3.8) is 0 Å². The van der Waals surface area contributed by atoms with Crippen molar-refractivity contribution < 1.29 is 22.7 Å². The van der Waals surface area contributed by atoms with Gasteiger partial charge in [0.15, 0.2) is 11.5 Å². The Hall–Kier alpha value is -2.46. The van der Waals surface area contributed by atoms with E-state index in [1.54, 1.807) is 18.2 Å². The van der Waals surface area contributed by atoms with E-state index in [1.807, 2.05) is 0 Å². The summed E-state index contributed by atoms with van der Waals surface area (Å²) in [5, 5.41) is 2.77. The van der Waals surface area contributed by atoms with Crippen molar-refractivity contribution in [2.75, 3.05) is 23.3 Å². The van der Waals surface area contributed by atoms with Crippen molar-refractivity contribution >= 4 is 61.8 Å². The summed E-state index contributed by atoms with van der Waals surface area (Å²) >= 11 is 12.7. The fourth-order valence-electron chi connectivity index (χ4n) is 2.73. The third kappa shape index (κ3) is 4.49. The van der Waals surface area contributed by atoms with E-state index in [9.17, 15) is 13.2 Å². The summed E-state index contributed by atoms with van der Waals surface area (Å²) < 4.78 is 38.6. The van der Waals surface area contributed by atoms with E-state index >= 15 is 0 Å². The maximum atomic E-state index is 12.5. The summed E-state index contributed by atoms with van der Waals surface area (Å²) in [6.07, 6.45) is 0. The maximum Gasteiger partial charge on any atom is 0.264 e. The second-order valence-electron chi connectivity index (χ2n) is 6.18. The second-order valence-corrected chi connectivity index (χ2v) is 10.1. The lowest BCUT2D eigenvalue weighted by atomic mass is 10.2. The average Bonchev–Trinajstić information content (AvgIpc) is 3.07. The Morgan fingerprint density at radius 2 is 1.60 bits per heavy atom. The Labute approximate surface area is 186 Å². The largest absolute Gasteiger partial charge is 0.486 e. The van der Waals surface area contributed by atoms with Crippen molar-refractivity contribution in [2.45, 2.75) is 4.90 Å². The number of hydrogen-bond acceptors (Lipinski definition) is 6. The van der Waals surface area contributed by atoms with Gasteiger partial charge in [0.05, 0.1) is 4.34 Å². The molecular formula is C19H14Cl2N2O5S2. The van der Waals surface area contributed by atoms with E-state index in [0.29, 0.717) is 36.0 Å². The van der Waals surface area contributed by atoms with Gasteiger partial charge in [-0.1, -0.05) is 23.2 Å². The van der Waals surface area contributed by atoms with Crippen molar-refractivity contribution in [3.8, 4) is 11.5 Å². The summed E-state index contributed by atoms with van der Waals surface area (Å²) in [7, 11) is -3.90. The van der Waals surface area contributed by atoms with E-state index in [0.717, 1.165) is 11.3 Å². The number of halogens is 2. The molecule has 0 fully saturated rings. The molecule has 2 heterocycles. The van der Waals surface area contributed by atoms with Crippen molar-refractivity contribution in [2.24, 2.45) is 0 Å². The van der Waals surface area contributed by atoms with Crippen molar-refractivity contribution in [3.05, 3.63) is 62.8 Å². The van der Waals surface area contributed by atoms with Crippen LogP contribution in [0.15, 0.2) is 53.4 Å². The molecule has 0 atom stereocenters. The first-order valence-electron chi connectivity index (χ1n) is 8.60. The van der Waals surface area contributed by atoms with Crippen LogP contribution < -0.4 is 19.5 Å². The number of benzene rings is 2. The molecule has 0 radical (unpaired) electrons. The topological polar surface area (TPSA) is 93.7 Å². The molecule has 2 aromatic carbocycles. The molecule has 0 saturated heterocycles. The fourth-order valence-corrected chi connectivity index (χ4v) is 5.94. The first kappa shape index (κ1) is 20.8. The van der Waals surface area contributed by atoms with Crippen LogP contribution in [0.3, 0.4) is 0 Å². The SMILES string of the molecule is O=C(Nc1ccc2c(c1)OCCO2)c1ccc(NS(=O)(=O)c2cc(Cl)sc2Cl)cc1. The molecule has 1 aliphatic rings. The summed E-state index contributed by atoms with van der Waals surface area (Å²) in [6, 6.07) is 12.4. The minimum Gasteiger partial charge on any atom is -0.486 e. The molecule has 30 heavy (non-hydrogen) atoms. The van der Waals surface area contributed by atoms with Crippen LogP contribution in [0.4, 0.5) is 11.4 Å². The van der Waals surface area contributed by atoms with Gasteiger partial charge < -0.3 is 14.8 Å². The predicted molar refractivity (Wildman–Crippen MR) is 117 cm³/mol. The van der Waals surface area contributed by atoms with Crippen LogP contribution in [-0.2, 0) is 10.0 Å². The Kier molecular flexibility index (Phi) is 5.79. The molecule has 11 heteroatoms. The number of sulfonamides is 1. The minimum absolute atomic E-state index is 0.0722. The number of carbonyl (C=O) groups is 1. The Morgan fingerprint density at radius 1 is 0.933 bits per heavy atom. The van der Waals surface area contributed by atoms with Gasteiger partial charge in [-0.3, -0.25) is 9.52 Å². The van der Waals surface area contributed by atoms with Crippen LogP contribution in [-0.4, -0.2) is 27.5 Å². The number of rotatable bonds is 5. The lowest BCUT2D eigenvalue weighted by Crippen LogP contribution is -2.16. The van der Waals surface area contributed by atoms with Gasteiger partial charge in [0, 0.05) is 23.0 Å². The molecular weight excluding hydrogens is 471 g/mol.